The molecule has 128 valence electrons. The first-order valence-corrected chi connectivity index (χ1v) is 9.01. The van der Waals surface area contributed by atoms with Crippen molar-refractivity contribution in [2.45, 2.75) is 18.7 Å². The van der Waals surface area contributed by atoms with Crippen LogP contribution in [0.5, 0.6) is 0 Å². The molecule has 0 saturated heterocycles. The molecule has 0 radical (unpaired) electrons. The minimum Gasteiger partial charge on any atom is -0.356 e. The molecule has 0 spiro atoms. The molecule has 1 heterocycles. The third-order valence-electron chi connectivity index (χ3n) is 3.62. The van der Waals surface area contributed by atoms with E-state index in [4.69, 9.17) is 4.52 Å². The Kier molecular flexibility index (Phi) is 4.41. The van der Waals surface area contributed by atoms with Crippen molar-refractivity contribution in [2.24, 2.45) is 0 Å². The van der Waals surface area contributed by atoms with Crippen LogP contribution in [0.3, 0.4) is 0 Å². The predicted octanol–water partition coefficient (Wildman–Crippen LogP) is 3.65. The summed E-state index contributed by atoms with van der Waals surface area (Å²) in [5.41, 5.74) is 2.40. The Morgan fingerprint density at radius 1 is 1.04 bits per heavy atom. The Bertz CT molecular complexity index is 1000. The van der Waals surface area contributed by atoms with Crippen molar-refractivity contribution in [3.63, 3.8) is 0 Å². The number of sulfonamides is 1. The van der Waals surface area contributed by atoms with Gasteiger partial charge in [-0.05, 0) is 62.4 Å². The number of anilines is 1. The SMILES string of the molecule is CC(=O)c1ccc(NS(=O)(=O)c2ccc(-c3cc(C)no3)cc2)cc1. The van der Waals surface area contributed by atoms with E-state index in [1.807, 2.05) is 6.92 Å². The number of rotatable bonds is 5. The van der Waals surface area contributed by atoms with Crippen LogP contribution in [0.4, 0.5) is 5.69 Å². The summed E-state index contributed by atoms with van der Waals surface area (Å²) in [6.45, 7) is 3.27. The number of Topliss-reactive ketones (excluding diaryl/α,β-unsaturated/α-hetero) is 1. The summed E-state index contributed by atoms with van der Waals surface area (Å²) in [6.07, 6.45) is 0. The quantitative estimate of drug-likeness (QED) is 0.705. The molecule has 0 saturated carbocycles. The van der Waals surface area contributed by atoms with Crippen LogP contribution in [0.25, 0.3) is 11.3 Å². The van der Waals surface area contributed by atoms with E-state index >= 15 is 0 Å². The standard InChI is InChI=1S/C18H16N2O4S/c1-12-11-18(24-19-12)15-5-9-17(10-6-15)25(22,23)20-16-7-3-14(4-8-16)13(2)21/h3-11,20H,1-2H3. The van der Waals surface area contributed by atoms with Gasteiger partial charge in [0.1, 0.15) is 0 Å². The smallest absolute Gasteiger partial charge is 0.261 e. The summed E-state index contributed by atoms with van der Waals surface area (Å²) in [7, 11) is -3.72. The van der Waals surface area contributed by atoms with E-state index in [1.54, 1.807) is 42.5 Å². The lowest BCUT2D eigenvalue weighted by Gasteiger charge is -2.09. The largest absolute Gasteiger partial charge is 0.356 e. The predicted molar refractivity (Wildman–Crippen MR) is 93.9 cm³/mol. The van der Waals surface area contributed by atoms with Crippen molar-refractivity contribution < 1.29 is 17.7 Å². The molecule has 3 rings (SSSR count). The van der Waals surface area contributed by atoms with Gasteiger partial charge in [-0.1, -0.05) is 5.16 Å². The van der Waals surface area contributed by atoms with Crippen molar-refractivity contribution in [2.75, 3.05) is 4.72 Å². The molecule has 1 N–H and O–H groups in total. The molecular formula is C18H16N2O4S. The lowest BCUT2D eigenvalue weighted by atomic mass is 10.1. The first kappa shape index (κ1) is 16.9. The topological polar surface area (TPSA) is 89.3 Å². The second kappa shape index (κ2) is 6.52. The van der Waals surface area contributed by atoms with Gasteiger partial charge in [-0.3, -0.25) is 9.52 Å². The van der Waals surface area contributed by atoms with Crippen LogP contribution in [-0.4, -0.2) is 19.4 Å². The molecular weight excluding hydrogens is 340 g/mol. The van der Waals surface area contributed by atoms with Crippen LogP contribution in [-0.2, 0) is 10.0 Å². The number of aromatic nitrogens is 1. The fourth-order valence-electron chi connectivity index (χ4n) is 2.29. The van der Waals surface area contributed by atoms with Gasteiger partial charge < -0.3 is 4.52 Å². The maximum Gasteiger partial charge on any atom is 0.261 e. The first-order chi connectivity index (χ1) is 11.8. The highest BCUT2D eigenvalue weighted by molar-refractivity contribution is 7.92. The average Bonchev–Trinajstić information content (AvgIpc) is 3.01. The number of benzene rings is 2. The number of hydrogen-bond acceptors (Lipinski definition) is 5. The highest BCUT2D eigenvalue weighted by Crippen LogP contribution is 2.23. The fraction of sp³-hybridized carbons (Fsp3) is 0.111. The molecule has 0 aliphatic rings. The zero-order valence-electron chi connectivity index (χ0n) is 13.7. The van der Waals surface area contributed by atoms with Gasteiger partial charge in [0.15, 0.2) is 11.5 Å². The van der Waals surface area contributed by atoms with Crippen molar-refractivity contribution in [3.8, 4) is 11.3 Å². The monoisotopic (exact) mass is 356 g/mol. The van der Waals surface area contributed by atoms with Crippen LogP contribution in [0.1, 0.15) is 23.0 Å². The highest BCUT2D eigenvalue weighted by atomic mass is 32.2. The molecule has 0 bridgehead atoms. The molecule has 25 heavy (non-hydrogen) atoms. The van der Waals surface area contributed by atoms with Gasteiger partial charge in [-0.25, -0.2) is 8.42 Å². The Balaban J connectivity index is 1.81. The Morgan fingerprint density at radius 3 is 2.20 bits per heavy atom. The molecule has 7 heteroatoms. The maximum absolute atomic E-state index is 12.5. The van der Waals surface area contributed by atoms with E-state index in [9.17, 15) is 13.2 Å². The molecule has 0 unspecified atom stereocenters. The number of nitrogens with one attached hydrogen (secondary N) is 1. The van der Waals surface area contributed by atoms with E-state index in [2.05, 4.69) is 9.88 Å². The van der Waals surface area contributed by atoms with Gasteiger partial charge in [0.05, 0.1) is 10.6 Å². The normalized spacial score (nSPS) is 11.3. The molecule has 0 aliphatic heterocycles. The van der Waals surface area contributed by atoms with E-state index in [-0.39, 0.29) is 10.7 Å². The van der Waals surface area contributed by atoms with Crippen LogP contribution in [0, 0.1) is 6.92 Å². The molecule has 2 aromatic carbocycles. The summed E-state index contributed by atoms with van der Waals surface area (Å²) in [5.74, 6) is 0.502. The third kappa shape index (κ3) is 3.77. The van der Waals surface area contributed by atoms with E-state index < -0.39 is 10.0 Å². The van der Waals surface area contributed by atoms with Gasteiger partial charge in [0.25, 0.3) is 10.0 Å². The van der Waals surface area contributed by atoms with Crippen LogP contribution >= 0.6 is 0 Å². The zero-order valence-corrected chi connectivity index (χ0v) is 14.5. The minimum atomic E-state index is -3.72. The second-order valence-corrected chi connectivity index (χ2v) is 7.28. The number of ketones is 1. The first-order valence-electron chi connectivity index (χ1n) is 7.53. The lowest BCUT2D eigenvalue weighted by molar-refractivity contribution is 0.101. The maximum atomic E-state index is 12.5. The number of carbonyl (C=O) groups is 1. The highest BCUT2D eigenvalue weighted by Gasteiger charge is 2.15. The minimum absolute atomic E-state index is 0.0763. The molecule has 0 amide bonds. The number of aryl methyl sites for hydroxylation is 1. The Morgan fingerprint density at radius 2 is 1.68 bits per heavy atom. The second-order valence-electron chi connectivity index (χ2n) is 5.60. The zero-order chi connectivity index (χ0) is 18.0. The number of nitrogens with zero attached hydrogens (tertiary/aromatic N) is 1. The van der Waals surface area contributed by atoms with Crippen molar-refractivity contribution in [1.82, 2.24) is 5.16 Å². The number of carbonyl (C=O) groups excluding carboxylic acids is 1. The van der Waals surface area contributed by atoms with E-state index in [1.165, 1.54) is 19.1 Å². The third-order valence-corrected chi connectivity index (χ3v) is 5.02. The van der Waals surface area contributed by atoms with Crippen LogP contribution < -0.4 is 4.72 Å². The molecule has 0 fully saturated rings. The molecule has 3 aromatic rings. The van der Waals surface area contributed by atoms with Crippen LogP contribution in [0.15, 0.2) is 64.0 Å². The van der Waals surface area contributed by atoms with Crippen molar-refractivity contribution in [1.29, 1.82) is 0 Å². The fourth-order valence-corrected chi connectivity index (χ4v) is 3.34. The van der Waals surface area contributed by atoms with Gasteiger partial charge in [-0.2, -0.15) is 0 Å². The number of hydrogen-bond donors (Lipinski definition) is 1. The van der Waals surface area contributed by atoms with Gasteiger partial charge >= 0.3 is 0 Å². The van der Waals surface area contributed by atoms with Gasteiger partial charge in [-0.15, -0.1) is 0 Å². The van der Waals surface area contributed by atoms with Crippen molar-refractivity contribution >= 4 is 21.5 Å². The summed E-state index contributed by atoms with van der Waals surface area (Å²) in [6, 6.07) is 14.4. The van der Waals surface area contributed by atoms with Crippen LogP contribution in [0.2, 0.25) is 0 Å². The van der Waals surface area contributed by atoms with Crippen molar-refractivity contribution in [3.05, 3.63) is 65.9 Å². The Hall–Kier alpha value is -2.93. The summed E-state index contributed by atoms with van der Waals surface area (Å²) in [5, 5.41) is 3.81. The molecule has 0 aliphatic carbocycles. The van der Waals surface area contributed by atoms with Gasteiger partial charge in [0, 0.05) is 22.9 Å². The van der Waals surface area contributed by atoms with E-state index in [0.29, 0.717) is 17.0 Å². The summed E-state index contributed by atoms with van der Waals surface area (Å²) >= 11 is 0. The van der Waals surface area contributed by atoms with Gasteiger partial charge in [0.2, 0.25) is 0 Å². The summed E-state index contributed by atoms with van der Waals surface area (Å²) in [4.78, 5) is 11.4. The molecule has 1 aromatic heterocycles. The lowest BCUT2D eigenvalue weighted by Crippen LogP contribution is -2.12. The summed E-state index contributed by atoms with van der Waals surface area (Å²) < 4.78 is 32.6. The molecule has 6 nitrogen and oxygen atoms in total. The molecule has 0 atom stereocenters. The Labute approximate surface area is 145 Å². The van der Waals surface area contributed by atoms with E-state index in [0.717, 1.165) is 11.3 Å². The average molecular weight is 356 g/mol.